The molecule has 2 aromatic rings. The minimum atomic E-state index is -0.750. The number of carboxylic acids is 1. The lowest BCUT2D eigenvalue weighted by Gasteiger charge is -2.27. The van der Waals surface area contributed by atoms with E-state index in [9.17, 15) is 9.59 Å². The molecule has 1 aliphatic carbocycles. The molecule has 0 atom stereocenters. The Hall–Kier alpha value is -2.90. The standard InChI is InChI=1S/C18H23N5O3/c1-11-19-12(2)23(22-11)16-6-4-3-5-15(16)21-18(26)20-14-9-7-13(8-10-14)17(24)25/h3-6,13-14H,7-10H2,1-2H3,(H,24,25)(H2,20,21,26). The molecule has 3 rings (SSSR count). The van der Waals surface area contributed by atoms with E-state index in [1.807, 2.05) is 38.1 Å². The van der Waals surface area contributed by atoms with Gasteiger partial charge in [-0.15, -0.1) is 0 Å². The Labute approximate surface area is 151 Å². The van der Waals surface area contributed by atoms with Gasteiger partial charge < -0.3 is 15.7 Å². The van der Waals surface area contributed by atoms with E-state index < -0.39 is 5.97 Å². The van der Waals surface area contributed by atoms with Gasteiger partial charge in [-0.3, -0.25) is 4.79 Å². The predicted octanol–water partition coefficient (Wildman–Crippen LogP) is 2.65. The van der Waals surface area contributed by atoms with Gasteiger partial charge >= 0.3 is 12.0 Å². The van der Waals surface area contributed by atoms with Crippen molar-refractivity contribution in [2.24, 2.45) is 5.92 Å². The zero-order valence-electron chi connectivity index (χ0n) is 14.9. The van der Waals surface area contributed by atoms with Crippen molar-refractivity contribution < 1.29 is 14.7 Å². The quantitative estimate of drug-likeness (QED) is 0.779. The van der Waals surface area contributed by atoms with Crippen molar-refractivity contribution in [2.75, 3.05) is 5.32 Å². The van der Waals surface area contributed by atoms with E-state index in [0.717, 1.165) is 11.5 Å². The first kappa shape index (κ1) is 17.9. The van der Waals surface area contributed by atoms with Crippen LogP contribution in [0.25, 0.3) is 5.69 Å². The van der Waals surface area contributed by atoms with Gasteiger partial charge in [0.1, 0.15) is 11.6 Å². The van der Waals surface area contributed by atoms with Crippen LogP contribution in [0.5, 0.6) is 0 Å². The summed E-state index contributed by atoms with van der Waals surface area (Å²) < 4.78 is 1.70. The lowest BCUT2D eigenvalue weighted by atomic mass is 9.86. The monoisotopic (exact) mass is 357 g/mol. The van der Waals surface area contributed by atoms with Crippen LogP contribution in [0.3, 0.4) is 0 Å². The lowest BCUT2D eigenvalue weighted by molar-refractivity contribution is -0.142. The molecule has 0 unspecified atom stereocenters. The lowest BCUT2D eigenvalue weighted by Crippen LogP contribution is -2.41. The summed E-state index contributed by atoms with van der Waals surface area (Å²) >= 11 is 0. The summed E-state index contributed by atoms with van der Waals surface area (Å²) in [6.07, 6.45) is 2.53. The number of rotatable bonds is 4. The number of aromatic nitrogens is 3. The average Bonchev–Trinajstić information content (AvgIpc) is 2.94. The maximum Gasteiger partial charge on any atom is 0.319 e. The van der Waals surface area contributed by atoms with Gasteiger partial charge in [0.05, 0.1) is 17.3 Å². The van der Waals surface area contributed by atoms with Crippen LogP contribution in [-0.4, -0.2) is 37.9 Å². The second-order valence-electron chi connectivity index (χ2n) is 6.62. The highest BCUT2D eigenvalue weighted by molar-refractivity contribution is 5.91. The van der Waals surface area contributed by atoms with Crippen molar-refractivity contribution in [1.29, 1.82) is 0 Å². The number of benzene rings is 1. The molecule has 0 saturated heterocycles. The minimum Gasteiger partial charge on any atom is -0.481 e. The molecular weight excluding hydrogens is 334 g/mol. The summed E-state index contributed by atoms with van der Waals surface area (Å²) in [7, 11) is 0. The van der Waals surface area contributed by atoms with Crippen molar-refractivity contribution >= 4 is 17.7 Å². The van der Waals surface area contributed by atoms with Crippen LogP contribution in [0.1, 0.15) is 37.3 Å². The molecule has 1 fully saturated rings. The number of hydrogen-bond acceptors (Lipinski definition) is 4. The molecule has 0 bridgehead atoms. The number of amides is 2. The number of nitrogens with zero attached hydrogens (tertiary/aromatic N) is 3. The molecule has 138 valence electrons. The third-order valence-corrected chi connectivity index (χ3v) is 4.67. The Kier molecular flexibility index (Phi) is 5.20. The number of carbonyl (C=O) groups excluding carboxylic acids is 1. The molecule has 0 radical (unpaired) electrons. The summed E-state index contributed by atoms with van der Waals surface area (Å²) in [6.45, 7) is 3.68. The van der Waals surface area contributed by atoms with Crippen molar-refractivity contribution in [3.63, 3.8) is 0 Å². The van der Waals surface area contributed by atoms with Gasteiger partial charge in [0.15, 0.2) is 0 Å². The maximum atomic E-state index is 12.4. The first-order chi connectivity index (χ1) is 12.4. The van der Waals surface area contributed by atoms with Crippen molar-refractivity contribution in [3.8, 4) is 5.69 Å². The number of aryl methyl sites for hydroxylation is 2. The van der Waals surface area contributed by atoms with Crippen LogP contribution in [0, 0.1) is 19.8 Å². The number of carboxylic acid groups (broad SMARTS) is 1. The number of hydrogen-bond donors (Lipinski definition) is 3. The highest BCUT2D eigenvalue weighted by atomic mass is 16.4. The zero-order chi connectivity index (χ0) is 18.7. The van der Waals surface area contributed by atoms with E-state index >= 15 is 0 Å². The summed E-state index contributed by atoms with van der Waals surface area (Å²) in [5, 5.41) is 19.2. The summed E-state index contributed by atoms with van der Waals surface area (Å²) in [5.41, 5.74) is 1.38. The van der Waals surface area contributed by atoms with Crippen molar-refractivity contribution in [1.82, 2.24) is 20.1 Å². The Balaban J connectivity index is 1.65. The molecule has 0 aliphatic heterocycles. The molecule has 0 spiro atoms. The van der Waals surface area contributed by atoms with Crippen LogP contribution in [0.2, 0.25) is 0 Å². The number of anilines is 1. The average molecular weight is 357 g/mol. The fraction of sp³-hybridized carbons (Fsp3) is 0.444. The first-order valence-corrected chi connectivity index (χ1v) is 8.74. The van der Waals surface area contributed by atoms with E-state index in [4.69, 9.17) is 5.11 Å². The van der Waals surface area contributed by atoms with Crippen LogP contribution in [0.15, 0.2) is 24.3 Å². The van der Waals surface area contributed by atoms with E-state index in [0.29, 0.717) is 37.2 Å². The van der Waals surface area contributed by atoms with Gasteiger partial charge in [-0.25, -0.2) is 14.5 Å². The molecular formula is C18H23N5O3. The molecule has 1 saturated carbocycles. The second-order valence-corrected chi connectivity index (χ2v) is 6.62. The van der Waals surface area contributed by atoms with Crippen LogP contribution >= 0.6 is 0 Å². The van der Waals surface area contributed by atoms with Crippen LogP contribution in [0.4, 0.5) is 10.5 Å². The van der Waals surface area contributed by atoms with Gasteiger partial charge in [0.2, 0.25) is 0 Å². The smallest absolute Gasteiger partial charge is 0.319 e. The Morgan fingerprint density at radius 3 is 2.46 bits per heavy atom. The number of para-hydroxylation sites is 2. The molecule has 2 amide bonds. The summed E-state index contributed by atoms with van der Waals surface area (Å²) in [6, 6.07) is 7.10. The number of aliphatic carboxylic acids is 1. The molecule has 1 heterocycles. The molecule has 8 heteroatoms. The molecule has 1 aliphatic rings. The van der Waals surface area contributed by atoms with Gasteiger partial charge in [0.25, 0.3) is 0 Å². The number of urea groups is 1. The van der Waals surface area contributed by atoms with E-state index in [1.54, 1.807) is 4.68 Å². The topological polar surface area (TPSA) is 109 Å². The highest BCUT2D eigenvalue weighted by Crippen LogP contribution is 2.25. The Morgan fingerprint density at radius 1 is 1.15 bits per heavy atom. The predicted molar refractivity (Wildman–Crippen MR) is 96.4 cm³/mol. The normalized spacial score (nSPS) is 19.8. The van der Waals surface area contributed by atoms with Gasteiger partial charge in [-0.1, -0.05) is 12.1 Å². The van der Waals surface area contributed by atoms with E-state index in [2.05, 4.69) is 20.7 Å². The maximum absolute atomic E-state index is 12.4. The Bertz CT molecular complexity index is 809. The van der Waals surface area contributed by atoms with Gasteiger partial charge in [-0.05, 0) is 51.7 Å². The van der Waals surface area contributed by atoms with Gasteiger partial charge in [-0.2, -0.15) is 5.10 Å². The van der Waals surface area contributed by atoms with Crippen molar-refractivity contribution in [2.45, 2.75) is 45.6 Å². The largest absolute Gasteiger partial charge is 0.481 e. The van der Waals surface area contributed by atoms with Crippen LogP contribution in [-0.2, 0) is 4.79 Å². The summed E-state index contributed by atoms with van der Waals surface area (Å²) in [5.74, 6) is 0.358. The van der Waals surface area contributed by atoms with E-state index in [-0.39, 0.29) is 18.0 Å². The molecule has 1 aromatic carbocycles. The van der Waals surface area contributed by atoms with E-state index in [1.165, 1.54) is 0 Å². The molecule has 8 nitrogen and oxygen atoms in total. The third kappa shape index (κ3) is 4.01. The number of nitrogens with one attached hydrogen (secondary N) is 2. The second kappa shape index (κ2) is 7.55. The van der Waals surface area contributed by atoms with Gasteiger partial charge in [0, 0.05) is 6.04 Å². The number of carbonyl (C=O) groups is 2. The zero-order valence-corrected chi connectivity index (χ0v) is 14.9. The third-order valence-electron chi connectivity index (χ3n) is 4.67. The molecule has 1 aromatic heterocycles. The first-order valence-electron chi connectivity index (χ1n) is 8.74. The highest BCUT2D eigenvalue weighted by Gasteiger charge is 2.26. The molecule has 26 heavy (non-hydrogen) atoms. The fourth-order valence-electron chi connectivity index (χ4n) is 3.34. The fourth-order valence-corrected chi connectivity index (χ4v) is 3.34. The minimum absolute atomic E-state index is 0.00638. The molecule has 3 N–H and O–H groups in total. The van der Waals surface area contributed by atoms with Crippen LogP contribution < -0.4 is 10.6 Å². The Morgan fingerprint density at radius 2 is 1.85 bits per heavy atom. The van der Waals surface area contributed by atoms with Crippen molar-refractivity contribution in [3.05, 3.63) is 35.9 Å². The summed E-state index contributed by atoms with van der Waals surface area (Å²) in [4.78, 5) is 27.7. The SMILES string of the molecule is Cc1nc(C)n(-c2ccccc2NC(=O)NC2CCC(C(=O)O)CC2)n1.